The van der Waals surface area contributed by atoms with Crippen LogP contribution < -0.4 is 20.1 Å². The third kappa shape index (κ3) is 8.99. The lowest BCUT2D eigenvalue weighted by Gasteiger charge is -2.07. The molecule has 0 atom stereocenters. The van der Waals surface area contributed by atoms with Crippen molar-refractivity contribution in [1.82, 2.24) is 0 Å². The monoisotopic (exact) mass is 412 g/mol. The van der Waals surface area contributed by atoms with E-state index >= 15 is 0 Å². The molecule has 0 saturated heterocycles. The van der Waals surface area contributed by atoms with E-state index in [0.717, 1.165) is 61.4 Å². The van der Waals surface area contributed by atoms with Crippen LogP contribution in [0.2, 0.25) is 0 Å². The van der Waals surface area contributed by atoms with Gasteiger partial charge in [-0.3, -0.25) is 9.59 Å². The summed E-state index contributed by atoms with van der Waals surface area (Å²) in [5, 5.41) is 5.79. The smallest absolute Gasteiger partial charge is 0.224 e. The van der Waals surface area contributed by atoms with Gasteiger partial charge in [0.25, 0.3) is 0 Å². The number of nitrogens with one attached hydrogen (secondary N) is 2. The third-order valence-corrected chi connectivity index (χ3v) is 4.81. The van der Waals surface area contributed by atoms with Crippen molar-refractivity contribution in [1.29, 1.82) is 0 Å². The maximum Gasteiger partial charge on any atom is 0.224 e. The largest absolute Gasteiger partial charge is 0.497 e. The highest BCUT2D eigenvalue weighted by molar-refractivity contribution is 5.91. The molecule has 2 aromatic rings. The molecule has 2 N–H and O–H groups in total. The number of unbranched alkanes of at least 4 members (excludes halogenated alkanes) is 5. The van der Waals surface area contributed by atoms with Crippen LogP contribution in [0.3, 0.4) is 0 Å². The minimum absolute atomic E-state index is 0.0374. The molecule has 0 spiro atoms. The summed E-state index contributed by atoms with van der Waals surface area (Å²) in [5.74, 6) is 1.61. The van der Waals surface area contributed by atoms with E-state index in [1.165, 1.54) is 0 Å². The highest BCUT2D eigenvalue weighted by atomic mass is 16.5. The number of hydrogen-bond acceptors (Lipinski definition) is 4. The summed E-state index contributed by atoms with van der Waals surface area (Å²) in [6, 6.07) is 14.6. The molecule has 0 aliphatic rings. The molecule has 0 aromatic heterocycles. The van der Waals surface area contributed by atoms with Crippen LogP contribution >= 0.6 is 0 Å². The van der Waals surface area contributed by atoms with Gasteiger partial charge in [-0.25, -0.2) is 0 Å². The molecule has 0 aliphatic heterocycles. The van der Waals surface area contributed by atoms with E-state index in [0.29, 0.717) is 12.8 Å². The van der Waals surface area contributed by atoms with E-state index in [4.69, 9.17) is 9.47 Å². The molecule has 0 radical (unpaired) electrons. The molecule has 0 fully saturated rings. The molecule has 6 nitrogen and oxygen atoms in total. The van der Waals surface area contributed by atoms with Gasteiger partial charge in [0.1, 0.15) is 11.5 Å². The molecule has 6 heteroatoms. The molecule has 30 heavy (non-hydrogen) atoms. The summed E-state index contributed by atoms with van der Waals surface area (Å²) in [6.45, 7) is 0. The van der Waals surface area contributed by atoms with Crippen LogP contribution in [0, 0.1) is 0 Å². The summed E-state index contributed by atoms with van der Waals surface area (Å²) >= 11 is 0. The Hall–Kier alpha value is -3.02. The SMILES string of the molecule is COc1ccc(NC(=O)CCCCCCCCC(=O)Nc2ccc(OC)cc2)cc1. The molecule has 0 heterocycles. The molecule has 2 aromatic carbocycles. The molecular weight excluding hydrogens is 380 g/mol. The Balaban J connectivity index is 1.47. The second-order valence-corrected chi connectivity index (χ2v) is 7.17. The Morgan fingerprint density at radius 3 is 1.27 bits per heavy atom. The zero-order valence-electron chi connectivity index (χ0n) is 17.9. The highest BCUT2D eigenvalue weighted by Crippen LogP contribution is 2.17. The first kappa shape index (κ1) is 23.3. The average Bonchev–Trinajstić information content (AvgIpc) is 2.76. The summed E-state index contributed by atoms with van der Waals surface area (Å²) in [5.41, 5.74) is 1.57. The molecular formula is C24H32N2O4. The Morgan fingerprint density at radius 2 is 0.933 bits per heavy atom. The van der Waals surface area contributed by atoms with Crippen LogP contribution in [0.15, 0.2) is 48.5 Å². The number of carbonyl (C=O) groups excluding carboxylic acids is 2. The van der Waals surface area contributed by atoms with E-state index < -0.39 is 0 Å². The van der Waals surface area contributed by atoms with Gasteiger partial charge in [0.05, 0.1) is 14.2 Å². The van der Waals surface area contributed by atoms with Crippen molar-refractivity contribution in [3.05, 3.63) is 48.5 Å². The lowest BCUT2D eigenvalue weighted by atomic mass is 10.1. The van der Waals surface area contributed by atoms with Gasteiger partial charge in [-0.1, -0.05) is 25.7 Å². The molecule has 0 saturated carbocycles. The van der Waals surface area contributed by atoms with Gasteiger partial charge in [-0.05, 0) is 61.4 Å². The van der Waals surface area contributed by atoms with Gasteiger partial charge in [0.2, 0.25) is 11.8 Å². The van der Waals surface area contributed by atoms with Crippen molar-refractivity contribution >= 4 is 23.2 Å². The summed E-state index contributed by atoms with van der Waals surface area (Å²) in [7, 11) is 3.23. The molecule has 0 aliphatic carbocycles. The number of carbonyl (C=O) groups is 2. The lowest BCUT2D eigenvalue weighted by molar-refractivity contribution is -0.117. The van der Waals surface area contributed by atoms with Crippen LogP contribution in [0.5, 0.6) is 11.5 Å². The molecule has 0 unspecified atom stereocenters. The number of methoxy groups -OCH3 is 2. The van der Waals surface area contributed by atoms with Gasteiger partial charge in [-0.2, -0.15) is 0 Å². The molecule has 2 amide bonds. The van der Waals surface area contributed by atoms with Crippen LogP contribution in [0.4, 0.5) is 11.4 Å². The van der Waals surface area contributed by atoms with Crippen LogP contribution in [-0.4, -0.2) is 26.0 Å². The zero-order valence-corrected chi connectivity index (χ0v) is 17.9. The number of hydrogen-bond donors (Lipinski definition) is 2. The topological polar surface area (TPSA) is 76.7 Å². The Morgan fingerprint density at radius 1 is 0.600 bits per heavy atom. The van der Waals surface area contributed by atoms with E-state index in [2.05, 4.69) is 10.6 Å². The minimum atomic E-state index is 0.0374. The van der Waals surface area contributed by atoms with Crippen molar-refractivity contribution in [2.24, 2.45) is 0 Å². The quantitative estimate of drug-likeness (QED) is 0.432. The first-order chi connectivity index (χ1) is 14.6. The van der Waals surface area contributed by atoms with Crippen molar-refractivity contribution in [2.75, 3.05) is 24.9 Å². The van der Waals surface area contributed by atoms with Crippen molar-refractivity contribution < 1.29 is 19.1 Å². The van der Waals surface area contributed by atoms with E-state index in [1.54, 1.807) is 14.2 Å². The Kier molecular flexibility index (Phi) is 10.3. The fourth-order valence-corrected chi connectivity index (χ4v) is 3.07. The number of benzene rings is 2. The molecule has 2 rings (SSSR count). The molecule has 0 bridgehead atoms. The second-order valence-electron chi connectivity index (χ2n) is 7.17. The first-order valence-corrected chi connectivity index (χ1v) is 10.5. The fourth-order valence-electron chi connectivity index (χ4n) is 3.07. The minimum Gasteiger partial charge on any atom is -0.497 e. The van der Waals surface area contributed by atoms with Gasteiger partial charge in [0.15, 0.2) is 0 Å². The van der Waals surface area contributed by atoms with Gasteiger partial charge in [-0.15, -0.1) is 0 Å². The van der Waals surface area contributed by atoms with Crippen LogP contribution in [0.25, 0.3) is 0 Å². The summed E-state index contributed by atoms with van der Waals surface area (Å²) < 4.78 is 10.2. The maximum absolute atomic E-state index is 12.0. The standard InChI is InChI=1S/C24H32N2O4/c1-29-21-15-11-19(12-16-21)25-23(27)9-7-5-3-4-6-8-10-24(28)26-20-13-17-22(30-2)18-14-20/h11-18H,3-10H2,1-2H3,(H,25,27)(H,26,28). The number of ether oxygens (including phenoxy) is 2. The Labute approximate surface area is 179 Å². The number of amides is 2. The second kappa shape index (κ2) is 13.2. The zero-order chi connectivity index (χ0) is 21.6. The predicted molar refractivity (Wildman–Crippen MR) is 120 cm³/mol. The van der Waals surface area contributed by atoms with Gasteiger partial charge in [0, 0.05) is 24.2 Å². The molecule has 162 valence electrons. The van der Waals surface area contributed by atoms with Crippen molar-refractivity contribution in [3.63, 3.8) is 0 Å². The number of rotatable bonds is 13. The Bertz CT molecular complexity index is 705. The summed E-state index contributed by atoms with van der Waals surface area (Å²) in [6.07, 6.45) is 7.00. The van der Waals surface area contributed by atoms with E-state index in [-0.39, 0.29) is 11.8 Å². The van der Waals surface area contributed by atoms with E-state index in [9.17, 15) is 9.59 Å². The van der Waals surface area contributed by atoms with Crippen molar-refractivity contribution in [2.45, 2.75) is 51.4 Å². The normalized spacial score (nSPS) is 10.3. The third-order valence-electron chi connectivity index (χ3n) is 4.81. The maximum atomic E-state index is 12.0. The fraction of sp³-hybridized carbons (Fsp3) is 0.417. The summed E-state index contributed by atoms with van der Waals surface area (Å²) in [4.78, 5) is 23.9. The van der Waals surface area contributed by atoms with E-state index in [1.807, 2.05) is 48.5 Å². The predicted octanol–water partition coefficient (Wildman–Crippen LogP) is 5.40. The highest BCUT2D eigenvalue weighted by Gasteiger charge is 2.04. The first-order valence-electron chi connectivity index (χ1n) is 10.5. The van der Waals surface area contributed by atoms with Crippen LogP contribution in [0.1, 0.15) is 51.4 Å². The van der Waals surface area contributed by atoms with Gasteiger partial charge >= 0.3 is 0 Å². The average molecular weight is 413 g/mol. The number of anilines is 2. The lowest BCUT2D eigenvalue weighted by Crippen LogP contribution is -2.11. The van der Waals surface area contributed by atoms with Crippen molar-refractivity contribution in [3.8, 4) is 11.5 Å². The van der Waals surface area contributed by atoms with Crippen LogP contribution in [-0.2, 0) is 9.59 Å². The van der Waals surface area contributed by atoms with Gasteiger partial charge < -0.3 is 20.1 Å².